The summed E-state index contributed by atoms with van der Waals surface area (Å²) in [5, 5.41) is 4.60. The molecule has 0 fully saturated rings. The normalized spacial score (nSPS) is 13.0. The number of rotatable bonds is 3. The van der Waals surface area contributed by atoms with Crippen LogP contribution in [0.4, 0.5) is 0 Å². The molecule has 0 saturated heterocycles. The monoisotopic (exact) mass is 317 g/mol. The Kier molecular flexibility index (Phi) is 3.93. The van der Waals surface area contributed by atoms with Gasteiger partial charge in [-0.05, 0) is 24.1 Å². The zero-order valence-electron chi connectivity index (χ0n) is 11.9. The SMILES string of the molecule is CC(C)c1csc(C(N)c2ccc(Cl)c3cccnc23)n1. The van der Waals surface area contributed by atoms with Crippen LogP contribution in [0.1, 0.15) is 42.1 Å². The summed E-state index contributed by atoms with van der Waals surface area (Å²) < 4.78 is 0. The highest BCUT2D eigenvalue weighted by atomic mass is 35.5. The summed E-state index contributed by atoms with van der Waals surface area (Å²) in [7, 11) is 0. The fourth-order valence-electron chi connectivity index (χ4n) is 2.25. The summed E-state index contributed by atoms with van der Waals surface area (Å²) in [5.41, 5.74) is 9.30. The molecule has 1 atom stereocenters. The van der Waals surface area contributed by atoms with Crippen LogP contribution in [0, 0.1) is 0 Å². The number of hydrogen-bond acceptors (Lipinski definition) is 4. The largest absolute Gasteiger partial charge is 0.318 e. The number of nitrogens with two attached hydrogens (primary N) is 1. The molecule has 1 aromatic carbocycles. The number of benzene rings is 1. The van der Waals surface area contributed by atoms with E-state index in [1.165, 1.54) is 0 Å². The van der Waals surface area contributed by atoms with Crippen molar-refractivity contribution in [2.45, 2.75) is 25.8 Å². The molecule has 3 rings (SSSR count). The summed E-state index contributed by atoms with van der Waals surface area (Å²) in [5.74, 6) is 0.405. The Labute approximate surface area is 132 Å². The van der Waals surface area contributed by atoms with Gasteiger partial charge < -0.3 is 5.73 Å². The van der Waals surface area contributed by atoms with Gasteiger partial charge in [-0.15, -0.1) is 11.3 Å². The Bertz CT molecular complexity index is 782. The molecule has 0 aliphatic rings. The fourth-order valence-corrected chi connectivity index (χ4v) is 3.47. The third-order valence-electron chi connectivity index (χ3n) is 3.48. The number of halogens is 1. The van der Waals surface area contributed by atoms with Gasteiger partial charge in [0.15, 0.2) is 0 Å². The summed E-state index contributed by atoms with van der Waals surface area (Å²) >= 11 is 7.83. The van der Waals surface area contributed by atoms with Crippen LogP contribution in [0.5, 0.6) is 0 Å². The van der Waals surface area contributed by atoms with E-state index >= 15 is 0 Å². The van der Waals surface area contributed by atoms with Crippen molar-refractivity contribution >= 4 is 33.8 Å². The molecule has 3 nitrogen and oxygen atoms in total. The van der Waals surface area contributed by atoms with Crippen LogP contribution in [-0.2, 0) is 0 Å². The lowest BCUT2D eigenvalue weighted by atomic mass is 10.0. The number of pyridine rings is 1. The maximum Gasteiger partial charge on any atom is 0.114 e. The number of aromatic nitrogens is 2. The zero-order chi connectivity index (χ0) is 15.0. The molecule has 3 aromatic rings. The van der Waals surface area contributed by atoms with E-state index in [2.05, 4.69) is 29.2 Å². The minimum absolute atomic E-state index is 0.280. The van der Waals surface area contributed by atoms with Crippen molar-refractivity contribution in [3.05, 3.63) is 57.1 Å². The van der Waals surface area contributed by atoms with Gasteiger partial charge in [0.25, 0.3) is 0 Å². The van der Waals surface area contributed by atoms with Gasteiger partial charge in [-0.2, -0.15) is 0 Å². The number of thiazole rings is 1. The van der Waals surface area contributed by atoms with E-state index in [1.807, 2.05) is 24.3 Å². The fraction of sp³-hybridized carbons (Fsp3) is 0.250. The number of fused-ring (bicyclic) bond motifs is 1. The lowest BCUT2D eigenvalue weighted by molar-refractivity contribution is 0.797. The molecule has 0 aliphatic carbocycles. The van der Waals surface area contributed by atoms with Gasteiger partial charge in [0.2, 0.25) is 0 Å². The predicted octanol–water partition coefficient (Wildman–Crippen LogP) is 4.52. The third kappa shape index (κ3) is 2.67. The van der Waals surface area contributed by atoms with Crippen molar-refractivity contribution in [3.63, 3.8) is 0 Å². The third-order valence-corrected chi connectivity index (χ3v) is 4.76. The molecule has 1 unspecified atom stereocenters. The maximum atomic E-state index is 6.41. The van der Waals surface area contributed by atoms with Crippen LogP contribution in [0.2, 0.25) is 5.02 Å². The van der Waals surface area contributed by atoms with E-state index in [4.69, 9.17) is 17.3 Å². The topological polar surface area (TPSA) is 51.8 Å². The molecule has 2 aromatic heterocycles. The van der Waals surface area contributed by atoms with Crippen molar-refractivity contribution in [2.24, 2.45) is 5.73 Å². The van der Waals surface area contributed by atoms with Crippen LogP contribution in [0.3, 0.4) is 0 Å². The Hall–Kier alpha value is -1.49. The van der Waals surface area contributed by atoms with E-state index in [0.717, 1.165) is 27.2 Å². The van der Waals surface area contributed by atoms with Crippen LogP contribution >= 0.6 is 22.9 Å². The quantitative estimate of drug-likeness (QED) is 0.773. The summed E-state index contributed by atoms with van der Waals surface area (Å²) in [6.07, 6.45) is 1.76. The first kappa shape index (κ1) is 14.4. The van der Waals surface area contributed by atoms with Crippen molar-refractivity contribution in [3.8, 4) is 0 Å². The van der Waals surface area contributed by atoms with Gasteiger partial charge in [-0.3, -0.25) is 4.98 Å². The molecule has 0 amide bonds. The molecule has 0 bridgehead atoms. The van der Waals surface area contributed by atoms with E-state index in [-0.39, 0.29) is 6.04 Å². The smallest absolute Gasteiger partial charge is 0.114 e. The molecular weight excluding hydrogens is 302 g/mol. The average molecular weight is 318 g/mol. The lowest BCUT2D eigenvalue weighted by Crippen LogP contribution is -2.12. The van der Waals surface area contributed by atoms with Crippen molar-refractivity contribution in [2.75, 3.05) is 0 Å². The first-order valence-corrected chi connectivity index (χ1v) is 8.07. The Morgan fingerprint density at radius 2 is 2.05 bits per heavy atom. The second-order valence-corrected chi connectivity index (χ2v) is 6.58. The van der Waals surface area contributed by atoms with E-state index < -0.39 is 0 Å². The Morgan fingerprint density at radius 1 is 1.24 bits per heavy atom. The molecule has 21 heavy (non-hydrogen) atoms. The first-order chi connectivity index (χ1) is 10.1. The van der Waals surface area contributed by atoms with Crippen LogP contribution in [-0.4, -0.2) is 9.97 Å². The molecule has 2 heterocycles. The van der Waals surface area contributed by atoms with Gasteiger partial charge >= 0.3 is 0 Å². The van der Waals surface area contributed by atoms with Gasteiger partial charge in [0.1, 0.15) is 5.01 Å². The van der Waals surface area contributed by atoms with Crippen LogP contribution in [0.15, 0.2) is 35.8 Å². The molecule has 108 valence electrons. The van der Waals surface area contributed by atoms with Crippen molar-refractivity contribution in [1.29, 1.82) is 0 Å². The van der Waals surface area contributed by atoms with Crippen molar-refractivity contribution < 1.29 is 0 Å². The van der Waals surface area contributed by atoms with Gasteiger partial charge in [-0.1, -0.05) is 31.5 Å². The van der Waals surface area contributed by atoms with Crippen LogP contribution < -0.4 is 5.73 Å². The highest BCUT2D eigenvalue weighted by Crippen LogP contribution is 2.32. The second-order valence-electron chi connectivity index (χ2n) is 5.28. The highest BCUT2D eigenvalue weighted by Gasteiger charge is 2.18. The maximum absolute atomic E-state index is 6.41. The van der Waals surface area contributed by atoms with Gasteiger partial charge in [-0.25, -0.2) is 4.98 Å². The molecular formula is C16H16ClN3S. The van der Waals surface area contributed by atoms with E-state index in [0.29, 0.717) is 10.9 Å². The number of nitrogens with zero attached hydrogens (tertiary/aromatic N) is 2. The van der Waals surface area contributed by atoms with Crippen LogP contribution in [0.25, 0.3) is 10.9 Å². The summed E-state index contributed by atoms with van der Waals surface area (Å²) in [4.78, 5) is 9.09. The molecule has 5 heteroatoms. The first-order valence-electron chi connectivity index (χ1n) is 6.82. The van der Waals surface area contributed by atoms with Gasteiger partial charge in [0.05, 0.1) is 17.3 Å². The molecule has 0 radical (unpaired) electrons. The standard InChI is InChI=1S/C16H16ClN3S/c1-9(2)13-8-21-16(20-13)14(18)11-5-6-12(17)10-4-3-7-19-15(10)11/h3-9,14H,18H2,1-2H3. The average Bonchev–Trinajstić information content (AvgIpc) is 2.97. The second kappa shape index (κ2) is 5.72. The minimum Gasteiger partial charge on any atom is -0.318 e. The zero-order valence-corrected chi connectivity index (χ0v) is 13.4. The van der Waals surface area contributed by atoms with Crippen molar-refractivity contribution in [1.82, 2.24) is 9.97 Å². The van der Waals surface area contributed by atoms with E-state index in [1.54, 1.807) is 17.5 Å². The van der Waals surface area contributed by atoms with Gasteiger partial charge in [0, 0.05) is 27.5 Å². The summed E-state index contributed by atoms with van der Waals surface area (Å²) in [6.45, 7) is 4.26. The predicted molar refractivity (Wildman–Crippen MR) is 89.0 cm³/mol. The Balaban J connectivity index is 2.09. The molecule has 2 N–H and O–H groups in total. The molecule has 0 aliphatic heterocycles. The van der Waals surface area contributed by atoms with E-state index in [9.17, 15) is 0 Å². The minimum atomic E-state index is -0.280. The molecule has 0 saturated carbocycles. The highest BCUT2D eigenvalue weighted by molar-refractivity contribution is 7.09. The Morgan fingerprint density at radius 3 is 2.76 bits per heavy atom. The lowest BCUT2D eigenvalue weighted by Gasteiger charge is -2.12. The summed E-state index contributed by atoms with van der Waals surface area (Å²) in [6, 6.07) is 7.37. The number of hydrogen-bond donors (Lipinski definition) is 1. The molecule has 0 spiro atoms.